The largest absolute Gasteiger partial charge is 0.458 e. The maximum Gasteiger partial charge on any atom is 0.409 e. The molecule has 0 spiro atoms. The molecule has 0 saturated carbocycles. The van der Waals surface area contributed by atoms with Gasteiger partial charge in [-0.05, 0) is 72.4 Å². The van der Waals surface area contributed by atoms with Crippen LogP contribution in [0.2, 0.25) is 5.02 Å². The van der Waals surface area contributed by atoms with Gasteiger partial charge in [0.1, 0.15) is 17.8 Å². The van der Waals surface area contributed by atoms with Crippen LogP contribution in [0, 0.1) is 11.8 Å². The number of Topliss-reactive ketones (excluding diaryl/α,β-unsaturated/α-hetero) is 1. The molecule has 0 radical (unpaired) electrons. The number of anilines is 1. The monoisotopic (exact) mass is 834 g/mol. The van der Waals surface area contributed by atoms with E-state index in [1.165, 1.54) is 23.6 Å². The van der Waals surface area contributed by atoms with E-state index >= 15 is 0 Å². The second-order valence-electron chi connectivity index (χ2n) is 14.0. The number of alkyl carbamates (subject to hydrolysis) is 1. The van der Waals surface area contributed by atoms with Crippen molar-refractivity contribution in [2.24, 2.45) is 11.8 Å². The first kappa shape index (κ1) is 40.9. The predicted octanol–water partition coefficient (Wildman–Crippen LogP) is 5.50. The number of allylic oxidation sites excluding steroid dienone is 3. The predicted molar refractivity (Wildman–Crippen MR) is 203 cm³/mol. The normalized spacial score (nSPS) is 30.6. The molecule has 3 aliphatic heterocycles. The van der Waals surface area contributed by atoms with Gasteiger partial charge in [0.15, 0.2) is 11.5 Å². The molecule has 2 amide bonds. The molecule has 7 atom stereocenters. The quantitative estimate of drug-likeness (QED) is 0.120. The minimum absolute atomic E-state index is 0.0809. The molecule has 4 bridgehead atoms. The van der Waals surface area contributed by atoms with Crippen LogP contribution in [0.1, 0.15) is 62.0 Å². The van der Waals surface area contributed by atoms with Crippen molar-refractivity contribution in [2.45, 2.75) is 88.1 Å². The first-order chi connectivity index (χ1) is 25.0. The molecule has 2 saturated heterocycles. The molecule has 53 heavy (non-hydrogen) atoms. The Balaban J connectivity index is 1.49. The molecule has 3 aliphatic rings. The van der Waals surface area contributed by atoms with Crippen LogP contribution >= 0.6 is 39.3 Å². The Bertz CT molecular complexity index is 1840. The van der Waals surface area contributed by atoms with Gasteiger partial charge in [0.05, 0.1) is 42.2 Å². The lowest BCUT2D eigenvalue weighted by atomic mass is 9.81. The Morgan fingerprint density at radius 1 is 1.21 bits per heavy atom. The number of ketones is 1. The number of carbonyl (C=O) groups excluding carboxylic acids is 4. The number of rotatable bonds is 7. The van der Waals surface area contributed by atoms with Gasteiger partial charge < -0.3 is 34.4 Å². The maximum atomic E-state index is 14.1. The average molecular weight is 836 g/mol. The van der Waals surface area contributed by atoms with Crippen LogP contribution in [0.5, 0.6) is 0 Å². The van der Waals surface area contributed by atoms with Gasteiger partial charge >= 0.3 is 12.1 Å². The van der Waals surface area contributed by atoms with E-state index in [4.69, 9.17) is 25.8 Å². The number of thioether (sulfide) groups is 1. The van der Waals surface area contributed by atoms with Crippen molar-refractivity contribution in [2.75, 3.05) is 24.3 Å². The van der Waals surface area contributed by atoms with Crippen molar-refractivity contribution in [3.8, 4) is 0 Å². The summed E-state index contributed by atoms with van der Waals surface area (Å²) in [5.74, 6) is -2.70. The molecule has 2 aromatic carbocycles. The van der Waals surface area contributed by atoms with Gasteiger partial charge in [0.2, 0.25) is 5.91 Å². The van der Waals surface area contributed by atoms with E-state index in [-0.39, 0.29) is 36.0 Å². The van der Waals surface area contributed by atoms with E-state index in [2.05, 4.69) is 21.2 Å². The number of hydrogen-bond donors (Lipinski definition) is 4. The highest BCUT2D eigenvalue weighted by Gasteiger charge is 2.64. The lowest BCUT2D eigenvalue weighted by Gasteiger charge is -2.42. The molecule has 0 aliphatic carbocycles. The third-order valence-corrected chi connectivity index (χ3v) is 12.5. The first-order valence-electron chi connectivity index (χ1n) is 17.1. The highest BCUT2D eigenvalue weighted by Crippen LogP contribution is 2.49. The number of amides is 2. The zero-order valence-electron chi connectivity index (χ0n) is 30.1. The fourth-order valence-electron chi connectivity index (χ4n) is 6.86. The second kappa shape index (κ2) is 16.6. The van der Waals surface area contributed by atoms with Crippen molar-refractivity contribution < 1.29 is 48.7 Å². The van der Waals surface area contributed by atoms with E-state index in [9.17, 15) is 34.5 Å². The number of aliphatic hydroxyl groups excluding tert-OH is 2. The van der Waals surface area contributed by atoms with Gasteiger partial charge in [0, 0.05) is 40.2 Å². The molecule has 2 aromatic rings. The van der Waals surface area contributed by atoms with Crippen LogP contribution in [-0.2, 0) is 36.8 Å². The number of benzene rings is 2. The van der Waals surface area contributed by atoms with Crippen LogP contribution in [-0.4, -0.2) is 88.1 Å². The molecule has 286 valence electrons. The summed E-state index contributed by atoms with van der Waals surface area (Å²) in [6.07, 6.45) is 1.67. The smallest absolute Gasteiger partial charge is 0.409 e. The summed E-state index contributed by atoms with van der Waals surface area (Å²) in [5.41, 5.74) is -0.102. The minimum atomic E-state index is -1.85. The van der Waals surface area contributed by atoms with E-state index in [0.717, 1.165) is 11.1 Å². The summed E-state index contributed by atoms with van der Waals surface area (Å²) in [6, 6.07) is 8.59. The van der Waals surface area contributed by atoms with Gasteiger partial charge in [-0.15, -0.1) is 11.8 Å². The minimum Gasteiger partial charge on any atom is -0.458 e. The molecule has 3 heterocycles. The van der Waals surface area contributed by atoms with Gasteiger partial charge in [-0.3, -0.25) is 19.7 Å². The van der Waals surface area contributed by atoms with Gasteiger partial charge in [-0.25, -0.2) is 4.79 Å². The summed E-state index contributed by atoms with van der Waals surface area (Å²) in [5, 5.41) is 34.8. The van der Waals surface area contributed by atoms with Crippen molar-refractivity contribution in [1.82, 2.24) is 5.32 Å². The maximum absolute atomic E-state index is 14.1. The average Bonchev–Trinajstić information content (AvgIpc) is 3.80. The molecular formula is C38H44BrClN2O10S. The van der Waals surface area contributed by atoms with Gasteiger partial charge in [-0.1, -0.05) is 54.5 Å². The van der Waals surface area contributed by atoms with Crippen LogP contribution < -0.4 is 10.2 Å². The highest BCUT2D eigenvalue weighted by molar-refractivity contribution is 9.10. The van der Waals surface area contributed by atoms with Gasteiger partial charge in [-0.2, -0.15) is 0 Å². The van der Waals surface area contributed by atoms with Crippen molar-refractivity contribution >= 4 is 68.7 Å². The number of ether oxygens (including phenoxy) is 3. The lowest BCUT2D eigenvalue weighted by Crippen LogP contribution is -2.62. The molecule has 5 rings (SSSR count). The number of esters is 1. The Morgan fingerprint density at radius 2 is 1.94 bits per heavy atom. The second-order valence-corrected chi connectivity index (χ2v) is 16.3. The highest BCUT2D eigenvalue weighted by atomic mass is 79.9. The number of aliphatic hydroxyl groups is 3. The fourth-order valence-corrected chi connectivity index (χ4v) is 8.58. The standard InChI is InChI=1S/C38H44BrClN2O10S/c1-20-7-6-8-26(18-44)38(49)16-29(50-36(48)41-38)21(2)35-37(4,52-35)31(51-33(47)19-53-30-10-9-24(22(3)45)14-27(30)39)15-32(46)42(5)28-13-23(11-20)12-25(17-43)34(28)40/h6-10,12-14,21,26,29,31,35,43-44,49H,11,15-19H2,1-5H3,(H,41,48)/b8-6+,20-7+/t21-,26+,29+,31+,35+,37+,38+/m1/s1. The zero-order chi connectivity index (χ0) is 38.8. The summed E-state index contributed by atoms with van der Waals surface area (Å²) >= 11 is 11.4. The Morgan fingerprint density at radius 3 is 2.60 bits per heavy atom. The van der Waals surface area contributed by atoms with E-state index in [0.29, 0.717) is 32.6 Å². The van der Waals surface area contributed by atoms with Crippen LogP contribution in [0.25, 0.3) is 0 Å². The van der Waals surface area contributed by atoms with Crippen LogP contribution in [0.3, 0.4) is 0 Å². The number of carbonyl (C=O) groups is 4. The summed E-state index contributed by atoms with van der Waals surface area (Å²) < 4.78 is 18.5. The molecular weight excluding hydrogens is 792 g/mol. The molecule has 15 heteroatoms. The number of fused-ring (bicyclic) bond motifs is 5. The van der Waals surface area contributed by atoms with Crippen LogP contribution in [0.15, 0.2) is 63.5 Å². The Hall–Kier alpha value is -3.24. The first-order valence-corrected chi connectivity index (χ1v) is 19.3. The van der Waals surface area contributed by atoms with Crippen molar-refractivity contribution in [1.29, 1.82) is 0 Å². The molecule has 12 nitrogen and oxygen atoms in total. The Labute approximate surface area is 326 Å². The number of nitrogens with zero attached hydrogens (tertiary/aromatic N) is 1. The molecule has 0 aromatic heterocycles. The van der Waals surface area contributed by atoms with E-state index < -0.39 is 66.1 Å². The molecule has 4 N–H and O–H groups in total. The number of hydrogen-bond acceptors (Lipinski definition) is 11. The van der Waals surface area contributed by atoms with E-state index in [1.54, 1.807) is 63.4 Å². The van der Waals surface area contributed by atoms with Crippen molar-refractivity contribution in [3.05, 3.63) is 80.3 Å². The summed E-state index contributed by atoms with van der Waals surface area (Å²) in [6.45, 7) is 6.01. The molecule has 2 fully saturated rings. The SMILES string of the molecule is CC(=O)c1ccc(SCC(=O)O[C@H]2CC(=O)N(C)c3cc(cc(CO)c3Cl)C/C(C)=C/C=C/[C@@H](CO)[C@@]3(O)C[C@H](OC(=O)N3)[C@@H](C)[C@@H]3O[C@@]23C)c(Br)c1. The molecule has 0 unspecified atom stereocenters. The fraction of sp³-hybridized carbons (Fsp3) is 0.474. The third kappa shape index (κ3) is 9.18. The van der Waals surface area contributed by atoms with E-state index in [1.807, 2.05) is 13.0 Å². The summed E-state index contributed by atoms with van der Waals surface area (Å²) in [7, 11) is 1.56. The van der Waals surface area contributed by atoms with Crippen molar-refractivity contribution in [3.63, 3.8) is 0 Å². The van der Waals surface area contributed by atoms with Crippen LogP contribution in [0.4, 0.5) is 10.5 Å². The number of nitrogens with one attached hydrogen (secondary N) is 1. The Kier molecular flexibility index (Phi) is 12.9. The lowest BCUT2D eigenvalue weighted by molar-refractivity contribution is -0.150. The summed E-state index contributed by atoms with van der Waals surface area (Å²) in [4.78, 5) is 54.2. The number of halogens is 2. The topological polar surface area (TPSA) is 175 Å². The van der Waals surface area contributed by atoms with Gasteiger partial charge in [0.25, 0.3) is 0 Å². The zero-order valence-corrected chi connectivity index (χ0v) is 33.2. The number of epoxide rings is 1. The third-order valence-electron chi connectivity index (χ3n) is 10.1.